The van der Waals surface area contributed by atoms with E-state index >= 15 is 0 Å². The SMILES string of the molecule is CCCCC(=O)Nc1ccc2c(c1)c(OCC)nn2C. The van der Waals surface area contributed by atoms with Gasteiger partial charge in [0.25, 0.3) is 0 Å². The van der Waals surface area contributed by atoms with E-state index in [4.69, 9.17) is 4.74 Å². The number of aromatic nitrogens is 2. The first kappa shape index (κ1) is 14.4. The topological polar surface area (TPSA) is 56.1 Å². The highest BCUT2D eigenvalue weighted by Crippen LogP contribution is 2.27. The molecule has 0 aliphatic heterocycles. The van der Waals surface area contributed by atoms with E-state index < -0.39 is 0 Å². The van der Waals surface area contributed by atoms with Crippen LogP contribution in [0.3, 0.4) is 0 Å². The molecule has 0 bridgehead atoms. The van der Waals surface area contributed by atoms with E-state index in [1.165, 1.54) is 0 Å². The second-order valence-electron chi connectivity index (χ2n) is 4.75. The molecule has 1 aromatic heterocycles. The summed E-state index contributed by atoms with van der Waals surface area (Å²) in [6.45, 7) is 4.57. The van der Waals surface area contributed by atoms with Crippen LogP contribution < -0.4 is 10.1 Å². The number of hydrogen-bond donors (Lipinski definition) is 1. The first-order valence-electron chi connectivity index (χ1n) is 7.05. The Morgan fingerprint density at radius 3 is 2.90 bits per heavy atom. The van der Waals surface area contributed by atoms with Crippen LogP contribution in [0, 0.1) is 0 Å². The monoisotopic (exact) mass is 275 g/mol. The predicted molar refractivity (Wildman–Crippen MR) is 80.0 cm³/mol. The molecule has 20 heavy (non-hydrogen) atoms. The smallest absolute Gasteiger partial charge is 0.240 e. The lowest BCUT2D eigenvalue weighted by Gasteiger charge is -2.05. The van der Waals surface area contributed by atoms with Gasteiger partial charge < -0.3 is 10.1 Å². The summed E-state index contributed by atoms with van der Waals surface area (Å²) in [5.74, 6) is 0.655. The van der Waals surface area contributed by atoms with Crippen LogP contribution in [0.4, 0.5) is 5.69 Å². The molecule has 108 valence electrons. The highest BCUT2D eigenvalue weighted by atomic mass is 16.5. The summed E-state index contributed by atoms with van der Waals surface area (Å²) in [5.41, 5.74) is 1.77. The minimum absolute atomic E-state index is 0.0491. The average molecular weight is 275 g/mol. The molecule has 1 heterocycles. The summed E-state index contributed by atoms with van der Waals surface area (Å²) in [6.07, 6.45) is 2.48. The molecule has 5 heteroatoms. The number of nitrogens with zero attached hydrogens (tertiary/aromatic N) is 2. The van der Waals surface area contributed by atoms with Gasteiger partial charge in [0.05, 0.1) is 17.5 Å². The zero-order valence-electron chi connectivity index (χ0n) is 12.3. The Morgan fingerprint density at radius 1 is 1.40 bits per heavy atom. The first-order chi connectivity index (χ1) is 9.65. The Hall–Kier alpha value is -2.04. The zero-order valence-corrected chi connectivity index (χ0v) is 12.3. The van der Waals surface area contributed by atoms with Gasteiger partial charge in [-0.2, -0.15) is 0 Å². The van der Waals surface area contributed by atoms with Crippen LogP contribution in [0.25, 0.3) is 10.9 Å². The lowest BCUT2D eigenvalue weighted by Crippen LogP contribution is -2.10. The molecule has 0 saturated carbocycles. The van der Waals surface area contributed by atoms with Gasteiger partial charge in [-0.15, -0.1) is 5.10 Å². The second-order valence-corrected chi connectivity index (χ2v) is 4.75. The molecule has 1 N–H and O–H groups in total. The number of anilines is 1. The molecule has 0 atom stereocenters. The third-order valence-electron chi connectivity index (χ3n) is 3.14. The molecule has 2 rings (SSSR count). The Bertz CT molecular complexity index is 604. The highest BCUT2D eigenvalue weighted by molar-refractivity contribution is 5.95. The number of carbonyl (C=O) groups is 1. The number of nitrogens with one attached hydrogen (secondary N) is 1. The number of benzene rings is 1. The molecule has 1 amide bonds. The summed E-state index contributed by atoms with van der Waals surface area (Å²) in [5, 5.41) is 8.17. The molecular formula is C15H21N3O2. The third-order valence-corrected chi connectivity index (χ3v) is 3.14. The van der Waals surface area contributed by atoms with E-state index in [9.17, 15) is 4.79 Å². The number of ether oxygens (including phenoxy) is 1. The van der Waals surface area contributed by atoms with Crippen molar-refractivity contribution in [1.29, 1.82) is 0 Å². The van der Waals surface area contributed by atoms with Gasteiger partial charge in [-0.1, -0.05) is 13.3 Å². The quantitative estimate of drug-likeness (QED) is 0.881. The summed E-state index contributed by atoms with van der Waals surface area (Å²) in [7, 11) is 1.88. The highest BCUT2D eigenvalue weighted by Gasteiger charge is 2.11. The number of fused-ring (bicyclic) bond motifs is 1. The molecular weight excluding hydrogens is 254 g/mol. The van der Waals surface area contributed by atoms with E-state index in [0.717, 1.165) is 29.4 Å². The normalized spacial score (nSPS) is 10.8. The van der Waals surface area contributed by atoms with E-state index in [-0.39, 0.29) is 5.91 Å². The van der Waals surface area contributed by atoms with Gasteiger partial charge in [-0.05, 0) is 31.5 Å². The molecule has 5 nitrogen and oxygen atoms in total. The Morgan fingerprint density at radius 2 is 2.20 bits per heavy atom. The van der Waals surface area contributed by atoms with Gasteiger partial charge >= 0.3 is 0 Å². The number of amides is 1. The maximum Gasteiger partial charge on any atom is 0.240 e. The van der Waals surface area contributed by atoms with Crippen molar-refractivity contribution in [3.05, 3.63) is 18.2 Å². The molecule has 0 spiro atoms. The third kappa shape index (κ3) is 3.10. The molecule has 0 saturated heterocycles. The van der Waals surface area contributed by atoms with Gasteiger partial charge in [-0.3, -0.25) is 9.48 Å². The lowest BCUT2D eigenvalue weighted by molar-refractivity contribution is -0.116. The van der Waals surface area contributed by atoms with Crippen LogP contribution in [0.15, 0.2) is 18.2 Å². The van der Waals surface area contributed by atoms with Crippen molar-refractivity contribution < 1.29 is 9.53 Å². The van der Waals surface area contributed by atoms with Crippen molar-refractivity contribution in [3.63, 3.8) is 0 Å². The van der Waals surface area contributed by atoms with Crippen LogP contribution in [-0.2, 0) is 11.8 Å². The van der Waals surface area contributed by atoms with Crippen molar-refractivity contribution >= 4 is 22.5 Å². The number of carbonyl (C=O) groups excluding carboxylic acids is 1. The van der Waals surface area contributed by atoms with Crippen molar-refractivity contribution in [2.24, 2.45) is 7.05 Å². The number of aryl methyl sites for hydroxylation is 1. The van der Waals surface area contributed by atoms with Crippen LogP contribution >= 0.6 is 0 Å². The van der Waals surface area contributed by atoms with Gasteiger partial charge in [0, 0.05) is 19.2 Å². The summed E-state index contributed by atoms with van der Waals surface area (Å²) >= 11 is 0. The minimum Gasteiger partial charge on any atom is -0.476 e. The van der Waals surface area contributed by atoms with Gasteiger partial charge in [0.15, 0.2) is 0 Å². The fourth-order valence-electron chi connectivity index (χ4n) is 2.12. The Labute approximate surface area is 118 Å². The lowest BCUT2D eigenvalue weighted by atomic mass is 10.2. The fraction of sp³-hybridized carbons (Fsp3) is 0.467. The van der Waals surface area contributed by atoms with Crippen LogP contribution in [0.2, 0.25) is 0 Å². The molecule has 0 aliphatic rings. The Kier molecular flexibility index (Phi) is 4.61. The maximum atomic E-state index is 11.8. The van der Waals surface area contributed by atoms with E-state index in [1.54, 1.807) is 4.68 Å². The Balaban J connectivity index is 2.23. The molecule has 0 fully saturated rings. The number of rotatable bonds is 6. The second kappa shape index (κ2) is 6.41. The largest absolute Gasteiger partial charge is 0.476 e. The van der Waals surface area contributed by atoms with Crippen molar-refractivity contribution in [3.8, 4) is 5.88 Å². The van der Waals surface area contributed by atoms with Crippen molar-refractivity contribution in [2.75, 3.05) is 11.9 Å². The van der Waals surface area contributed by atoms with E-state index in [0.29, 0.717) is 18.9 Å². The van der Waals surface area contributed by atoms with E-state index in [2.05, 4.69) is 17.3 Å². The van der Waals surface area contributed by atoms with Crippen LogP contribution in [-0.4, -0.2) is 22.3 Å². The van der Waals surface area contributed by atoms with Gasteiger partial charge in [0.1, 0.15) is 0 Å². The van der Waals surface area contributed by atoms with Gasteiger partial charge in [-0.25, -0.2) is 0 Å². The van der Waals surface area contributed by atoms with Crippen LogP contribution in [0.1, 0.15) is 33.1 Å². The first-order valence-corrected chi connectivity index (χ1v) is 7.05. The minimum atomic E-state index is 0.0491. The number of hydrogen-bond acceptors (Lipinski definition) is 3. The predicted octanol–water partition coefficient (Wildman–Crippen LogP) is 3.10. The van der Waals surface area contributed by atoms with E-state index in [1.807, 2.05) is 32.2 Å². The summed E-state index contributed by atoms with van der Waals surface area (Å²) < 4.78 is 7.30. The number of unbranched alkanes of at least 4 members (excludes halogenated alkanes) is 1. The van der Waals surface area contributed by atoms with Crippen LogP contribution in [0.5, 0.6) is 5.88 Å². The molecule has 0 unspecified atom stereocenters. The molecule has 1 aromatic carbocycles. The molecule has 0 aliphatic carbocycles. The maximum absolute atomic E-state index is 11.8. The summed E-state index contributed by atoms with van der Waals surface area (Å²) in [4.78, 5) is 11.8. The molecule has 0 radical (unpaired) electrons. The standard InChI is InChI=1S/C15H21N3O2/c1-4-6-7-14(19)16-11-8-9-13-12(10-11)15(20-5-2)17-18(13)3/h8-10H,4-7H2,1-3H3,(H,16,19). The average Bonchev–Trinajstić information content (AvgIpc) is 2.73. The molecule has 2 aromatic rings. The zero-order chi connectivity index (χ0) is 14.5. The van der Waals surface area contributed by atoms with Crippen molar-refractivity contribution in [1.82, 2.24) is 9.78 Å². The fourth-order valence-corrected chi connectivity index (χ4v) is 2.12. The van der Waals surface area contributed by atoms with Gasteiger partial charge in [0.2, 0.25) is 11.8 Å². The van der Waals surface area contributed by atoms with Crippen molar-refractivity contribution in [2.45, 2.75) is 33.1 Å². The summed E-state index contributed by atoms with van der Waals surface area (Å²) in [6, 6.07) is 5.75.